The number of nitrogens with one attached hydrogen (secondary N) is 1. The summed E-state index contributed by atoms with van der Waals surface area (Å²) in [6.45, 7) is 1.57. The molecule has 1 aliphatic heterocycles. The first-order valence-corrected chi connectivity index (χ1v) is 7.83. The van der Waals surface area contributed by atoms with E-state index in [4.69, 9.17) is 0 Å². The van der Waals surface area contributed by atoms with Gasteiger partial charge in [-0.1, -0.05) is 6.07 Å². The largest absolute Gasteiger partial charge is 0.391 e. The molecule has 0 radical (unpaired) electrons. The molecule has 1 aromatic carbocycles. The molecule has 1 saturated carbocycles. The monoisotopic (exact) mass is 297 g/mol. The minimum atomic E-state index is -0.228. The maximum absolute atomic E-state index is 11.8. The van der Waals surface area contributed by atoms with Crippen molar-refractivity contribution in [2.24, 2.45) is 5.92 Å². The molecule has 0 bridgehead atoms. The Morgan fingerprint density at radius 2 is 2.09 bits per heavy atom. The highest BCUT2D eigenvalue weighted by molar-refractivity contribution is 5.95. The van der Waals surface area contributed by atoms with Crippen LogP contribution in [-0.4, -0.2) is 35.2 Å². The van der Waals surface area contributed by atoms with Crippen LogP contribution in [-0.2, 0) is 4.79 Å². The lowest BCUT2D eigenvalue weighted by Crippen LogP contribution is -2.20. The van der Waals surface area contributed by atoms with Crippen LogP contribution in [0.3, 0.4) is 0 Å². The molecule has 1 aliphatic carbocycles. The van der Waals surface area contributed by atoms with E-state index in [1.165, 1.54) is 0 Å². The van der Waals surface area contributed by atoms with Gasteiger partial charge >= 0.3 is 0 Å². The van der Waals surface area contributed by atoms with Crippen LogP contribution >= 0.6 is 0 Å². The van der Waals surface area contributed by atoms with Crippen molar-refractivity contribution in [1.29, 1.82) is 0 Å². The van der Waals surface area contributed by atoms with Gasteiger partial charge in [-0.2, -0.15) is 0 Å². The topological polar surface area (TPSA) is 65.5 Å². The number of hydrogen-bond acceptors (Lipinski definition) is 4. The van der Waals surface area contributed by atoms with E-state index in [0.29, 0.717) is 12.4 Å². The van der Waals surface area contributed by atoms with Gasteiger partial charge in [0.1, 0.15) is 5.82 Å². The number of rotatable bonds is 3. The standard InChI is InChI=1S/C17H19N3O2/c21-15-5-6-20(10-15)14-4-3-12-8-16(18-9-13(12)7-14)19-17(22)11-1-2-11/h3-4,7-9,11,15,21H,1-2,5-6,10H2,(H,18,19,22). The Balaban J connectivity index is 1.57. The quantitative estimate of drug-likeness (QED) is 0.911. The third kappa shape index (κ3) is 2.64. The Morgan fingerprint density at radius 3 is 2.82 bits per heavy atom. The van der Waals surface area contributed by atoms with Gasteiger partial charge in [-0.05, 0) is 42.8 Å². The van der Waals surface area contributed by atoms with E-state index in [1.807, 2.05) is 12.1 Å². The van der Waals surface area contributed by atoms with Crippen LogP contribution < -0.4 is 10.2 Å². The molecule has 1 atom stereocenters. The van der Waals surface area contributed by atoms with Crippen LogP contribution in [0.1, 0.15) is 19.3 Å². The molecule has 22 heavy (non-hydrogen) atoms. The maximum atomic E-state index is 11.8. The summed E-state index contributed by atoms with van der Waals surface area (Å²) in [6, 6.07) is 8.11. The molecule has 2 heterocycles. The van der Waals surface area contributed by atoms with Crippen molar-refractivity contribution in [3.05, 3.63) is 30.5 Å². The van der Waals surface area contributed by atoms with Crippen LogP contribution in [0.4, 0.5) is 11.5 Å². The van der Waals surface area contributed by atoms with E-state index in [0.717, 1.165) is 42.3 Å². The van der Waals surface area contributed by atoms with Crippen LogP contribution in [0.5, 0.6) is 0 Å². The Labute approximate surface area is 129 Å². The highest BCUT2D eigenvalue weighted by Crippen LogP contribution is 2.30. The van der Waals surface area contributed by atoms with Crippen LogP contribution in [0, 0.1) is 5.92 Å². The Hall–Kier alpha value is -2.14. The fourth-order valence-electron chi connectivity index (χ4n) is 2.94. The normalized spacial score (nSPS) is 21.3. The van der Waals surface area contributed by atoms with Gasteiger partial charge in [0.05, 0.1) is 6.10 Å². The van der Waals surface area contributed by atoms with Gasteiger partial charge in [0.25, 0.3) is 0 Å². The third-order valence-corrected chi connectivity index (χ3v) is 4.43. The average molecular weight is 297 g/mol. The van der Waals surface area contributed by atoms with E-state index in [1.54, 1.807) is 6.20 Å². The Bertz CT molecular complexity index is 727. The van der Waals surface area contributed by atoms with E-state index in [2.05, 4.69) is 27.3 Å². The van der Waals surface area contributed by atoms with Crippen molar-refractivity contribution in [3.63, 3.8) is 0 Å². The zero-order valence-electron chi connectivity index (χ0n) is 12.3. The summed E-state index contributed by atoms with van der Waals surface area (Å²) in [5, 5.41) is 14.6. The smallest absolute Gasteiger partial charge is 0.228 e. The SMILES string of the molecule is O=C(Nc1cc2ccc(N3CCC(O)C3)cc2cn1)C1CC1. The first-order valence-electron chi connectivity index (χ1n) is 7.83. The second-order valence-electron chi connectivity index (χ2n) is 6.25. The lowest BCUT2D eigenvalue weighted by Gasteiger charge is -2.18. The number of benzene rings is 1. The summed E-state index contributed by atoms with van der Waals surface area (Å²) in [5.41, 5.74) is 1.11. The van der Waals surface area contributed by atoms with E-state index >= 15 is 0 Å². The minimum Gasteiger partial charge on any atom is -0.391 e. The molecule has 2 fully saturated rings. The highest BCUT2D eigenvalue weighted by Gasteiger charge is 2.29. The third-order valence-electron chi connectivity index (χ3n) is 4.43. The molecule has 2 aromatic rings. The van der Waals surface area contributed by atoms with E-state index in [9.17, 15) is 9.90 Å². The first-order chi connectivity index (χ1) is 10.7. The highest BCUT2D eigenvalue weighted by atomic mass is 16.3. The van der Waals surface area contributed by atoms with Gasteiger partial charge in [0, 0.05) is 36.3 Å². The number of fused-ring (bicyclic) bond motifs is 1. The molecule has 5 nitrogen and oxygen atoms in total. The van der Waals surface area contributed by atoms with E-state index < -0.39 is 0 Å². The molecular formula is C17H19N3O2. The van der Waals surface area contributed by atoms with Gasteiger partial charge in [-0.3, -0.25) is 4.79 Å². The van der Waals surface area contributed by atoms with Gasteiger partial charge in [-0.15, -0.1) is 0 Å². The fraction of sp³-hybridized carbons (Fsp3) is 0.412. The van der Waals surface area contributed by atoms with Crippen molar-refractivity contribution in [2.75, 3.05) is 23.3 Å². The van der Waals surface area contributed by atoms with Crippen LogP contribution in [0.25, 0.3) is 10.8 Å². The number of carbonyl (C=O) groups is 1. The molecule has 1 saturated heterocycles. The van der Waals surface area contributed by atoms with Crippen molar-refractivity contribution < 1.29 is 9.90 Å². The van der Waals surface area contributed by atoms with Crippen molar-refractivity contribution in [1.82, 2.24) is 4.98 Å². The van der Waals surface area contributed by atoms with Crippen LogP contribution in [0.15, 0.2) is 30.5 Å². The molecule has 0 spiro atoms. The molecule has 1 amide bonds. The molecule has 4 rings (SSSR count). The summed E-state index contributed by atoms with van der Waals surface area (Å²) in [6.07, 6.45) is 4.37. The minimum absolute atomic E-state index is 0.0783. The molecule has 1 aromatic heterocycles. The molecule has 5 heteroatoms. The average Bonchev–Trinajstić information content (AvgIpc) is 3.29. The second-order valence-corrected chi connectivity index (χ2v) is 6.25. The molecule has 114 valence electrons. The molecule has 1 unspecified atom stereocenters. The molecule has 2 aliphatic rings. The predicted molar refractivity (Wildman–Crippen MR) is 85.9 cm³/mol. The van der Waals surface area contributed by atoms with Gasteiger partial charge in [0.15, 0.2) is 0 Å². The number of carbonyl (C=O) groups excluding carboxylic acids is 1. The summed E-state index contributed by atoms with van der Waals surface area (Å²) >= 11 is 0. The first kappa shape index (κ1) is 13.5. The number of anilines is 2. The summed E-state index contributed by atoms with van der Waals surface area (Å²) in [7, 11) is 0. The number of hydrogen-bond donors (Lipinski definition) is 2. The lowest BCUT2D eigenvalue weighted by molar-refractivity contribution is -0.117. The predicted octanol–water partition coefficient (Wildman–Crippen LogP) is 2.15. The number of amides is 1. The second kappa shape index (κ2) is 5.25. The fourth-order valence-corrected chi connectivity index (χ4v) is 2.94. The number of pyridine rings is 1. The summed E-state index contributed by atoms with van der Waals surface area (Å²) < 4.78 is 0. The van der Waals surface area contributed by atoms with Gasteiger partial charge in [0.2, 0.25) is 5.91 Å². The van der Waals surface area contributed by atoms with Gasteiger partial charge < -0.3 is 15.3 Å². The van der Waals surface area contributed by atoms with Crippen molar-refractivity contribution in [3.8, 4) is 0 Å². The van der Waals surface area contributed by atoms with Crippen LogP contribution in [0.2, 0.25) is 0 Å². The lowest BCUT2D eigenvalue weighted by atomic mass is 10.1. The number of β-amino-alcohol motifs (C(OH)–C–C–N with tert-alkyl or cyclic N) is 1. The Kier molecular flexibility index (Phi) is 3.22. The van der Waals surface area contributed by atoms with Gasteiger partial charge in [-0.25, -0.2) is 4.98 Å². The Morgan fingerprint density at radius 1 is 1.23 bits per heavy atom. The molecular weight excluding hydrogens is 278 g/mol. The summed E-state index contributed by atoms with van der Waals surface area (Å²) in [5.74, 6) is 0.879. The number of nitrogens with zero attached hydrogens (tertiary/aromatic N) is 2. The molecule has 2 N–H and O–H groups in total. The zero-order chi connectivity index (χ0) is 15.1. The zero-order valence-corrected chi connectivity index (χ0v) is 12.3. The number of aliphatic hydroxyl groups excluding tert-OH is 1. The number of aliphatic hydroxyl groups is 1. The van der Waals surface area contributed by atoms with Crippen molar-refractivity contribution >= 4 is 28.2 Å². The number of aromatic nitrogens is 1. The van der Waals surface area contributed by atoms with E-state index in [-0.39, 0.29) is 17.9 Å². The summed E-state index contributed by atoms with van der Waals surface area (Å²) in [4.78, 5) is 18.3. The maximum Gasteiger partial charge on any atom is 0.228 e. The van der Waals surface area contributed by atoms with Crippen molar-refractivity contribution in [2.45, 2.75) is 25.4 Å².